The highest BCUT2D eigenvalue weighted by Gasteiger charge is 2.48. The van der Waals surface area contributed by atoms with Gasteiger partial charge in [0.25, 0.3) is 0 Å². The van der Waals surface area contributed by atoms with Crippen LogP contribution in [0.15, 0.2) is 0 Å². The maximum absolute atomic E-state index is 12.8. The molecule has 0 aliphatic rings. The van der Waals surface area contributed by atoms with Crippen LogP contribution in [0.2, 0.25) is 0 Å². The minimum Gasteiger partial charge on any atom is -0.462 e. The van der Waals surface area contributed by atoms with E-state index < -0.39 is 17.4 Å². The Morgan fingerprint density at radius 1 is 0.696 bits per heavy atom. The molecule has 0 aromatic heterocycles. The van der Waals surface area contributed by atoms with E-state index in [4.69, 9.17) is 9.47 Å². The first-order chi connectivity index (χ1) is 10.5. The average molecular weight is 328 g/mol. The van der Waals surface area contributed by atoms with Crippen molar-refractivity contribution in [1.29, 1.82) is 0 Å². The number of esters is 2. The molecule has 0 unspecified atom stereocenters. The van der Waals surface area contributed by atoms with Gasteiger partial charge < -0.3 is 9.47 Å². The molecule has 136 valence electrons. The van der Waals surface area contributed by atoms with E-state index >= 15 is 0 Å². The largest absolute Gasteiger partial charge is 0.462 e. The SMILES string of the molecule is CC(C)CCC(CCC(C)C)(C(=O)OC(C)C)C(=O)OC(C)C. The summed E-state index contributed by atoms with van der Waals surface area (Å²) >= 11 is 0. The molecule has 0 aromatic carbocycles. The first-order valence-electron chi connectivity index (χ1n) is 8.93. The number of carbonyl (C=O) groups is 2. The Morgan fingerprint density at radius 3 is 1.22 bits per heavy atom. The summed E-state index contributed by atoms with van der Waals surface area (Å²) in [6, 6.07) is 0. The number of ether oxygens (including phenoxy) is 2. The molecular weight excluding hydrogens is 292 g/mol. The highest BCUT2D eigenvalue weighted by Crippen LogP contribution is 2.36. The minimum absolute atomic E-state index is 0.244. The fraction of sp³-hybridized carbons (Fsp3) is 0.895. The summed E-state index contributed by atoms with van der Waals surface area (Å²) in [5, 5.41) is 0. The Bertz CT molecular complexity index is 334. The highest BCUT2D eigenvalue weighted by molar-refractivity contribution is 6.00. The lowest BCUT2D eigenvalue weighted by molar-refractivity contribution is -0.179. The van der Waals surface area contributed by atoms with E-state index in [1.807, 2.05) is 0 Å². The van der Waals surface area contributed by atoms with Crippen molar-refractivity contribution in [2.24, 2.45) is 17.3 Å². The molecule has 0 bridgehead atoms. The monoisotopic (exact) mass is 328 g/mol. The first kappa shape index (κ1) is 21.9. The van der Waals surface area contributed by atoms with Gasteiger partial charge in [-0.15, -0.1) is 0 Å². The maximum Gasteiger partial charge on any atom is 0.323 e. The number of carbonyl (C=O) groups excluding carboxylic acids is 2. The Kier molecular flexibility index (Phi) is 9.48. The van der Waals surface area contributed by atoms with Gasteiger partial charge in [0.2, 0.25) is 0 Å². The molecule has 0 fully saturated rings. The zero-order chi connectivity index (χ0) is 18.2. The quantitative estimate of drug-likeness (QED) is 0.429. The minimum atomic E-state index is -1.18. The summed E-state index contributed by atoms with van der Waals surface area (Å²) < 4.78 is 10.9. The molecule has 0 saturated heterocycles. The average Bonchev–Trinajstić information content (AvgIpc) is 2.36. The van der Waals surface area contributed by atoms with Crippen molar-refractivity contribution in [1.82, 2.24) is 0 Å². The normalized spacial score (nSPS) is 12.3. The lowest BCUT2D eigenvalue weighted by Crippen LogP contribution is -2.44. The predicted octanol–water partition coefficient (Wildman–Crippen LogP) is 4.75. The molecule has 4 nitrogen and oxygen atoms in total. The van der Waals surface area contributed by atoms with Gasteiger partial charge in [-0.05, 0) is 65.2 Å². The maximum atomic E-state index is 12.8. The molecule has 0 rings (SSSR count). The standard InChI is InChI=1S/C19H36O4/c1-13(2)9-11-19(12-10-14(3)4,17(20)22-15(5)6)18(21)23-16(7)8/h13-16H,9-12H2,1-8H3. The zero-order valence-electron chi connectivity index (χ0n) is 16.3. The Hall–Kier alpha value is -1.06. The van der Waals surface area contributed by atoms with Crippen LogP contribution in [-0.4, -0.2) is 24.1 Å². The molecule has 0 aliphatic heterocycles. The summed E-state index contributed by atoms with van der Waals surface area (Å²) in [4.78, 5) is 25.6. The summed E-state index contributed by atoms with van der Waals surface area (Å²) in [7, 11) is 0. The third-order valence-corrected chi connectivity index (χ3v) is 3.76. The molecule has 0 aliphatic carbocycles. The van der Waals surface area contributed by atoms with Crippen LogP contribution in [0.1, 0.15) is 81.1 Å². The molecular formula is C19H36O4. The van der Waals surface area contributed by atoms with Crippen LogP contribution >= 0.6 is 0 Å². The molecule has 0 N–H and O–H groups in total. The summed E-state index contributed by atoms with van der Waals surface area (Å²) in [6.45, 7) is 15.6. The van der Waals surface area contributed by atoms with Crippen molar-refractivity contribution < 1.29 is 19.1 Å². The molecule has 23 heavy (non-hydrogen) atoms. The van der Waals surface area contributed by atoms with Gasteiger partial charge in [-0.2, -0.15) is 0 Å². The second kappa shape index (κ2) is 9.94. The van der Waals surface area contributed by atoms with Gasteiger partial charge in [-0.1, -0.05) is 27.7 Å². The van der Waals surface area contributed by atoms with Gasteiger partial charge in [0.1, 0.15) is 0 Å². The van der Waals surface area contributed by atoms with Crippen molar-refractivity contribution in [3.8, 4) is 0 Å². The number of hydrogen-bond acceptors (Lipinski definition) is 4. The molecule has 0 aromatic rings. The van der Waals surface area contributed by atoms with Crippen LogP contribution in [-0.2, 0) is 19.1 Å². The van der Waals surface area contributed by atoms with Crippen molar-refractivity contribution >= 4 is 11.9 Å². The molecule has 4 heteroatoms. The van der Waals surface area contributed by atoms with Gasteiger partial charge >= 0.3 is 11.9 Å². The van der Waals surface area contributed by atoms with E-state index in [1.165, 1.54) is 0 Å². The van der Waals surface area contributed by atoms with Gasteiger partial charge in [-0.25, -0.2) is 0 Å². The molecule has 0 spiro atoms. The summed E-state index contributed by atoms with van der Waals surface area (Å²) in [5.41, 5.74) is -1.18. The van der Waals surface area contributed by atoms with E-state index in [2.05, 4.69) is 27.7 Å². The van der Waals surface area contributed by atoms with E-state index in [0.29, 0.717) is 24.7 Å². The second-order valence-electron chi connectivity index (χ2n) is 7.86. The van der Waals surface area contributed by atoms with E-state index in [1.54, 1.807) is 27.7 Å². The number of rotatable bonds is 10. The van der Waals surface area contributed by atoms with Gasteiger partial charge in [-0.3, -0.25) is 9.59 Å². The van der Waals surface area contributed by atoms with Crippen LogP contribution in [0.3, 0.4) is 0 Å². The topological polar surface area (TPSA) is 52.6 Å². The highest BCUT2D eigenvalue weighted by atomic mass is 16.6. The van der Waals surface area contributed by atoms with Crippen molar-refractivity contribution in [2.75, 3.05) is 0 Å². The summed E-state index contributed by atoms with van der Waals surface area (Å²) in [6.07, 6.45) is 2.05. The molecule has 0 atom stereocenters. The third kappa shape index (κ3) is 7.85. The predicted molar refractivity (Wildman–Crippen MR) is 93.0 cm³/mol. The van der Waals surface area contributed by atoms with Gasteiger partial charge in [0.05, 0.1) is 12.2 Å². The zero-order valence-corrected chi connectivity index (χ0v) is 16.3. The van der Waals surface area contributed by atoms with Crippen molar-refractivity contribution in [3.05, 3.63) is 0 Å². The molecule has 0 radical (unpaired) electrons. The molecule has 0 saturated carbocycles. The molecule has 0 amide bonds. The number of hydrogen-bond donors (Lipinski definition) is 0. The Balaban J connectivity index is 5.56. The lowest BCUT2D eigenvalue weighted by atomic mass is 9.76. The fourth-order valence-corrected chi connectivity index (χ4v) is 2.34. The fourth-order valence-electron chi connectivity index (χ4n) is 2.34. The van der Waals surface area contributed by atoms with Crippen LogP contribution in [0, 0.1) is 17.3 Å². The van der Waals surface area contributed by atoms with E-state index in [-0.39, 0.29) is 12.2 Å². The van der Waals surface area contributed by atoms with Gasteiger partial charge in [0, 0.05) is 0 Å². The lowest BCUT2D eigenvalue weighted by Gasteiger charge is -2.32. The Morgan fingerprint density at radius 2 is 1.00 bits per heavy atom. The van der Waals surface area contributed by atoms with E-state index in [9.17, 15) is 9.59 Å². The summed E-state index contributed by atoms with van der Waals surface area (Å²) in [5.74, 6) is -0.0434. The van der Waals surface area contributed by atoms with Crippen LogP contribution < -0.4 is 0 Å². The van der Waals surface area contributed by atoms with Crippen LogP contribution in [0.4, 0.5) is 0 Å². The van der Waals surface area contributed by atoms with Crippen LogP contribution in [0.5, 0.6) is 0 Å². The van der Waals surface area contributed by atoms with Gasteiger partial charge in [0.15, 0.2) is 5.41 Å². The van der Waals surface area contributed by atoms with Crippen molar-refractivity contribution in [3.63, 3.8) is 0 Å². The van der Waals surface area contributed by atoms with E-state index in [0.717, 1.165) is 12.8 Å². The van der Waals surface area contributed by atoms with Crippen molar-refractivity contribution in [2.45, 2.75) is 93.3 Å². The smallest absolute Gasteiger partial charge is 0.323 e. The third-order valence-electron chi connectivity index (χ3n) is 3.76. The Labute approximate surface area is 142 Å². The second-order valence-corrected chi connectivity index (χ2v) is 7.86. The van der Waals surface area contributed by atoms with Crippen LogP contribution in [0.25, 0.3) is 0 Å². The first-order valence-corrected chi connectivity index (χ1v) is 8.93. The molecule has 0 heterocycles.